The second-order valence-electron chi connectivity index (χ2n) is 8.01. The fourth-order valence-corrected chi connectivity index (χ4v) is 4.55. The van der Waals surface area contributed by atoms with E-state index in [9.17, 15) is 4.79 Å². The summed E-state index contributed by atoms with van der Waals surface area (Å²) in [7, 11) is 2.13. The summed E-state index contributed by atoms with van der Waals surface area (Å²) in [6.45, 7) is 5.74. The average Bonchev–Trinajstić information content (AvgIpc) is 2.98. The Balaban J connectivity index is 1.50. The van der Waals surface area contributed by atoms with E-state index < -0.39 is 0 Å². The molecule has 7 N–H and O–H groups in total. The molecule has 4 unspecified atom stereocenters. The summed E-state index contributed by atoms with van der Waals surface area (Å²) in [5, 5.41) is 13.9. The molecule has 0 spiro atoms. The molecule has 1 amide bonds. The zero-order chi connectivity index (χ0) is 19.8. The van der Waals surface area contributed by atoms with E-state index in [0.717, 1.165) is 32.6 Å². The third-order valence-electron chi connectivity index (χ3n) is 5.95. The number of rotatable bonds is 3. The van der Waals surface area contributed by atoms with Gasteiger partial charge in [0.15, 0.2) is 5.82 Å². The van der Waals surface area contributed by atoms with Gasteiger partial charge in [-0.1, -0.05) is 0 Å². The van der Waals surface area contributed by atoms with Gasteiger partial charge in [-0.15, -0.1) is 11.6 Å². The Morgan fingerprint density at radius 1 is 1.29 bits per heavy atom. The number of halogens is 1. The molecule has 10 nitrogen and oxygen atoms in total. The normalized spacial score (nSPS) is 31.8. The van der Waals surface area contributed by atoms with E-state index >= 15 is 0 Å². The maximum atomic E-state index is 13.1. The summed E-state index contributed by atoms with van der Waals surface area (Å²) < 4.78 is 1.68. The first-order valence-electron chi connectivity index (χ1n) is 9.89. The lowest BCUT2D eigenvalue weighted by atomic mass is 9.95. The average molecular weight is 412 g/mol. The number of hydrogen-bond donors (Lipinski definition) is 5. The first kappa shape index (κ1) is 19.7. The number of amides is 1. The van der Waals surface area contributed by atoms with E-state index in [2.05, 4.69) is 37.9 Å². The van der Waals surface area contributed by atoms with Crippen LogP contribution in [0.3, 0.4) is 0 Å². The number of carbonyl (C=O) groups is 1. The number of piperidine rings is 1. The lowest BCUT2D eigenvalue weighted by Gasteiger charge is -2.45. The highest BCUT2D eigenvalue weighted by Gasteiger charge is 2.36. The molecule has 1 aromatic rings. The first-order valence-corrected chi connectivity index (χ1v) is 10.3. The lowest BCUT2D eigenvalue weighted by molar-refractivity contribution is 0.0600. The van der Waals surface area contributed by atoms with Crippen molar-refractivity contribution in [1.29, 1.82) is 0 Å². The van der Waals surface area contributed by atoms with Gasteiger partial charge in [-0.2, -0.15) is 5.10 Å². The maximum Gasteiger partial charge on any atom is 0.259 e. The van der Waals surface area contributed by atoms with Gasteiger partial charge in [0.2, 0.25) is 0 Å². The number of piperazine rings is 1. The second kappa shape index (κ2) is 8.03. The fraction of sp³-hybridized carbons (Fsp3) is 0.765. The SMILES string of the molecule is CN1CCN(C2CC(N)NCC2NC(=O)c2c(N)nn3c2NCC(Cl)C3)CC1. The molecule has 28 heavy (non-hydrogen) atoms. The number of fused-ring (bicyclic) bond motifs is 1. The Morgan fingerprint density at radius 2 is 2.04 bits per heavy atom. The summed E-state index contributed by atoms with van der Waals surface area (Å²) in [5.74, 6) is 0.659. The molecule has 4 atom stereocenters. The van der Waals surface area contributed by atoms with Crippen LogP contribution >= 0.6 is 11.6 Å². The number of hydrogen-bond acceptors (Lipinski definition) is 8. The Kier molecular flexibility index (Phi) is 5.66. The van der Waals surface area contributed by atoms with Crippen molar-refractivity contribution in [3.8, 4) is 0 Å². The summed E-state index contributed by atoms with van der Waals surface area (Å²) in [6.07, 6.45) is 0.733. The van der Waals surface area contributed by atoms with E-state index in [1.165, 1.54) is 0 Å². The highest BCUT2D eigenvalue weighted by molar-refractivity contribution is 6.21. The van der Waals surface area contributed by atoms with Crippen molar-refractivity contribution in [1.82, 2.24) is 30.2 Å². The Labute approximate surface area is 169 Å². The molecule has 2 saturated heterocycles. The third-order valence-corrected chi connectivity index (χ3v) is 6.24. The number of nitrogens with zero attached hydrogens (tertiary/aromatic N) is 4. The van der Waals surface area contributed by atoms with Gasteiger partial charge in [0.25, 0.3) is 5.91 Å². The molecule has 0 aromatic carbocycles. The molecular weight excluding hydrogens is 382 g/mol. The van der Waals surface area contributed by atoms with E-state index in [1.54, 1.807) is 4.68 Å². The molecular formula is C17H30ClN9O. The summed E-state index contributed by atoms with van der Waals surface area (Å²) in [6, 6.07) is 0.150. The van der Waals surface area contributed by atoms with E-state index in [0.29, 0.717) is 31.0 Å². The predicted octanol–water partition coefficient (Wildman–Crippen LogP) is -1.51. The van der Waals surface area contributed by atoms with E-state index in [4.69, 9.17) is 23.1 Å². The number of alkyl halides is 1. The van der Waals surface area contributed by atoms with Crippen molar-refractivity contribution in [2.75, 3.05) is 57.4 Å². The van der Waals surface area contributed by atoms with Crippen molar-refractivity contribution < 1.29 is 4.79 Å². The number of anilines is 2. The van der Waals surface area contributed by atoms with Crippen LogP contribution < -0.4 is 27.4 Å². The van der Waals surface area contributed by atoms with E-state index in [1.807, 2.05) is 0 Å². The van der Waals surface area contributed by atoms with Gasteiger partial charge in [0.1, 0.15) is 11.4 Å². The fourth-order valence-electron chi connectivity index (χ4n) is 4.34. The number of nitrogens with two attached hydrogens (primary N) is 2. The number of likely N-dealkylation sites (N-methyl/N-ethyl adjacent to an activating group) is 1. The monoisotopic (exact) mass is 411 g/mol. The van der Waals surface area contributed by atoms with Gasteiger partial charge in [-0.05, 0) is 13.5 Å². The number of carbonyl (C=O) groups excluding carboxylic acids is 1. The topological polar surface area (TPSA) is 130 Å². The summed E-state index contributed by atoms with van der Waals surface area (Å²) in [4.78, 5) is 17.9. The van der Waals surface area contributed by atoms with Crippen LogP contribution in [-0.4, -0.2) is 95.4 Å². The van der Waals surface area contributed by atoms with Gasteiger partial charge in [-0.25, -0.2) is 4.68 Å². The van der Waals surface area contributed by atoms with Crippen molar-refractivity contribution in [3.05, 3.63) is 5.56 Å². The van der Waals surface area contributed by atoms with Gasteiger partial charge in [0.05, 0.1) is 24.1 Å². The second-order valence-corrected chi connectivity index (χ2v) is 8.62. The van der Waals surface area contributed by atoms with Crippen molar-refractivity contribution in [2.24, 2.45) is 5.73 Å². The first-order chi connectivity index (χ1) is 13.4. The number of nitrogens with one attached hydrogen (secondary N) is 3. The molecule has 4 heterocycles. The zero-order valence-corrected chi connectivity index (χ0v) is 17.0. The van der Waals surface area contributed by atoms with Gasteiger partial charge >= 0.3 is 0 Å². The predicted molar refractivity (Wildman–Crippen MR) is 109 cm³/mol. The molecule has 3 aliphatic rings. The zero-order valence-electron chi connectivity index (χ0n) is 16.2. The van der Waals surface area contributed by atoms with Crippen LogP contribution in [0.2, 0.25) is 0 Å². The highest BCUT2D eigenvalue weighted by Crippen LogP contribution is 2.27. The molecule has 0 saturated carbocycles. The van der Waals surface area contributed by atoms with Gasteiger partial charge in [-0.3, -0.25) is 15.0 Å². The highest BCUT2D eigenvalue weighted by atomic mass is 35.5. The maximum absolute atomic E-state index is 13.1. The molecule has 0 aliphatic carbocycles. The van der Waals surface area contributed by atoms with Crippen molar-refractivity contribution in [2.45, 2.75) is 36.6 Å². The van der Waals surface area contributed by atoms with E-state index in [-0.39, 0.29) is 35.4 Å². The van der Waals surface area contributed by atoms with Crippen molar-refractivity contribution in [3.63, 3.8) is 0 Å². The summed E-state index contributed by atoms with van der Waals surface area (Å²) >= 11 is 6.18. The van der Waals surface area contributed by atoms with Crippen LogP contribution in [0, 0.1) is 0 Å². The van der Waals surface area contributed by atoms with Crippen LogP contribution in [0.4, 0.5) is 11.6 Å². The van der Waals surface area contributed by atoms with Crippen LogP contribution in [-0.2, 0) is 6.54 Å². The number of aromatic nitrogens is 2. The molecule has 2 fully saturated rings. The molecule has 1 aromatic heterocycles. The van der Waals surface area contributed by atoms with Gasteiger partial charge < -0.3 is 27.0 Å². The Morgan fingerprint density at radius 3 is 2.79 bits per heavy atom. The van der Waals surface area contributed by atoms with Crippen LogP contribution in [0.1, 0.15) is 16.8 Å². The molecule has 0 bridgehead atoms. The Hall–Kier alpha value is -1.59. The lowest BCUT2D eigenvalue weighted by Crippen LogP contribution is -2.66. The molecule has 156 valence electrons. The largest absolute Gasteiger partial charge is 0.381 e. The smallest absolute Gasteiger partial charge is 0.259 e. The summed E-state index contributed by atoms with van der Waals surface area (Å²) in [5.41, 5.74) is 12.6. The molecule has 0 radical (unpaired) electrons. The van der Waals surface area contributed by atoms with Crippen LogP contribution in [0.5, 0.6) is 0 Å². The molecule has 11 heteroatoms. The minimum absolute atomic E-state index is 0.0463. The molecule has 4 rings (SSSR count). The minimum atomic E-state index is -0.208. The third kappa shape index (κ3) is 3.92. The van der Waals surface area contributed by atoms with Crippen LogP contribution in [0.25, 0.3) is 0 Å². The van der Waals surface area contributed by atoms with Crippen molar-refractivity contribution >= 4 is 29.1 Å². The molecule has 3 aliphatic heterocycles. The van der Waals surface area contributed by atoms with Gasteiger partial charge in [0, 0.05) is 45.3 Å². The quantitative estimate of drug-likeness (QED) is 0.380. The minimum Gasteiger partial charge on any atom is -0.381 e. The number of nitrogen functional groups attached to an aromatic ring is 1. The van der Waals surface area contributed by atoms with Crippen LogP contribution in [0.15, 0.2) is 0 Å². The Bertz CT molecular complexity index is 718. The standard InChI is InChI=1S/C17H30ClN9O/c1-25-2-4-26(5-3-25)12-6-13(19)21-8-11(12)23-17(28)14-15(20)24-27-9-10(18)7-22-16(14)27/h10-13,21-22H,2-9,19H2,1H3,(H2,20,24)(H,23,28).